The van der Waals surface area contributed by atoms with Crippen molar-refractivity contribution in [3.05, 3.63) is 48.8 Å². The number of carbonyl (C=O) groups is 3. The second kappa shape index (κ2) is 14.5. The predicted octanol–water partition coefficient (Wildman–Crippen LogP) is 3.82. The van der Waals surface area contributed by atoms with E-state index in [0.717, 1.165) is 11.1 Å². The molecule has 11 heteroatoms. The molecule has 1 heterocycles. The Morgan fingerprint density at radius 2 is 1.73 bits per heavy atom. The average Bonchev–Trinajstić information content (AvgIpc) is 3.24. The third kappa shape index (κ3) is 11.9. The Balaban J connectivity index is 2.07. The first kappa shape index (κ1) is 32.4. The van der Waals surface area contributed by atoms with E-state index in [9.17, 15) is 19.5 Å². The van der Waals surface area contributed by atoms with Crippen molar-refractivity contribution in [2.45, 2.75) is 78.2 Å². The lowest BCUT2D eigenvalue weighted by Gasteiger charge is -2.21. The molecule has 0 aliphatic carbocycles. The number of aromatic nitrogens is 2. The lowest BCUT2D eigenvalue weighted by atomic mass is 10.0. The number of aliphatic hydroxyl groups is 1. The smallest absolute Gasteiger partial charge is 0.407 e. The van der Waals surface area contributed by atoms with E-state index in [1.807, 2.05) is 6.20 Å². The maximum absolute atomic E-state index is 12.3. The molecule has 0 saturated heterocycles. The standard InChI is InChI=1S/C29H41N3O8/c1-8-16-37-25(34)17-23-22(18-32(31-23)15-9-14-30-27(36)40-29(5,6)7)20-10-12-21(13-11-20)38-19-24(33)26(35)39-28(2,3)4/h8,10-13,18,24,33H,1,9,14-17,19H2,2-7H3,(H,30,36). The zero-order chi connectivity index (χ0) is 29.9. The quantitative estimate of drug-likeness (QED) is 0.162. The van der Waals surface area contributed by atoms with Gasteiger partial charge in [0, 0.05) is 24.8 Å². The minimum absolute atomic E-state index is 0.0351. The lowest BCUT2D eigenvalue weighted by Crippen LogP contribution is -2.35. The molecule has 0 aliphatic heterocycles. The van der Waals surface area contributed by atoms with Crippen molar-refractivity contribution in [2.75, 3.05) is 19.8 Å². The van der Waals surface area contributed by atoms with Gasteiger partial charge < -0.3 is 29.4 Å². The van der Waals surface area contributed by atoms with Gasteiger partial charge in [-0.1, -0.05) is 24.8 Å². The molecule has 1 unspecified atom stereocenters. The van der Waals surface area contributed by atoms with Crippen LogP contribution < -0.4 is 10.1 Å². The minimum Gasteiger partial charge on any atom is -0.490 e. The zero-order valence-electron chi connectivity index (χ0n) is 24.2. The molecule has 40 heavy (non-hydrogen) atoms. The molecular formula is C29H41N3O8. The van der Waals surface area contributed by atoms with Gasteiger partial charge in [0.2, 0.25) is 0 Å². The van der Waals surface area contributed by atoms with E-state index < -0.39 is 35.3 Å². The molecule has 1 aromatic heterocycles. The van der Waals surface area contributed by atoms with Crippen molar-refractivity contribution >= 4 is 18.0 Å². The zero-order valence-corrected chi connectivity index (χ0v) is 24.2. The van der Waals surface area contributed by atoms with E-state index in [1.165, 1.54) is 6.08 Å². The van der Waals surface area contributed by atoms with Crippen LogP contribution in [0.3, 0.4) is 0 Å². The molecule has 11 nitrogen and oxygen atoms in total. The summed E-state index contributed by atoms with van der Waals surface area (Å²) in [5, 5.41) is 17.3. The van der Waals surface area contributed by atoms with Crippen LogP contribution in [0.2, 0.25) is 0 Å². The average molecular weight is 560 g/mol. The fourth-order valence-electron chi connectivity index (χ4n) is 3.38. The van der Waals surface area contributed by atoms with Crippen molar-refractivity contribution in [1.29, 1.82) is 0 Å². The number of rotatable bonds is 13. The van der Waals surface area contributed by atoms with E-state index in [1.54, 1.807) is 70.5 Å². The van der Waals surface area contributed by atoms with Crippen LogP contribution in [0, 0.1) is 0 Å². The fourth-order valence-corrected chi connectivity index (χ4v) is 3.38. The molecule has 0 fully saturated rings. The van der Waals surface area contributed by atoms with Crippen molar-refractivity contribution in [2.24, 2.45) is 0 Å². The molecular weight excluding hydrogens is 518 g/mol. The van der Waals surface area contributed by atoms with Crippen LogP contribution in [0.15, 0.2) is 43.1 Å². The Bertz CT molecular complexity index is 1140. The summed E-state index contributed by atoms with van der Waals surface area (Å²) in [6, 6.07) is 6.97. The number of nitrogens with one attached hydrogen (secondary N) is 1. The first-order valence-corrected chi connectivity index (χ1v) is 13.1. The largest absolute Gasteiger partial charge is 0.490 e. The van der Waals surface area contributed by atoms with Gasteiger partial charge in [0.25, 0.3) is 0 Å². The molecule has 0 radical (unpaired) electrons. The van der Waals surface area contributed by atoms with Gasteiger partial charge in [-0.2, -0.15) is 5.10 Å². The number of aryl methyl sites for hydroxylation is 1. The third-order valence-corrected chi connectivity index (χ3v) is 5.00. The van der Waals surface area contributed by atoms with E-state index in [2.05, 4.69) is 17.0 Å². The molecule has 1 aromatic carbocycles. The minimum atomic E-state index is -1.42. The van der Waals surface area contributed by atoms with Crippen molar-refractivity contribution in [3.63, 3.8) is 0 Å². The van der Waals surface area contributed by atoms with Gasteiger partial charge in [0.15, 0.2) is 6.10 Å². The number of alkyl carbamates (subject to hydrolysis) is 1. The number of hydrogen-bond acceptors (Lipinski definition) is 9. The maximum atomic E-state index is 12.3. The summed E-state index contributed by atoms with van der Waals surface area (Å²) in [6.07, 6.45) is 1.97. The van der Waals surface area contributed by atoms with Crippen LogP contribution in [-0.4, -0.2) is 70.0 Å². The van der Waals surface area contributed by atoms with Crippen LogP contribution in [0.5, 0.6) is 5.75 Å². The number of amides is 1. The van der Waals surface area contributed by atoms with Gasteiger partial charge >= 0.3 is 18.0 Å². The van der Waals surface area contributed by atoms with E-state index in [0.29, 0.717) is 31.0 Å². The summed E-state index contributed by atoms with van der Waals surface area (Å²) in [6.45, 7) is 14.8. The first-order valence-electron chi connectivity index (χ1n) is 13.1. The molecule has 0 spiro atoms. The third-order valence-electron chi connectivity index (χ3n) is 5.00. The number of carbonyl (C=O) groups excluding carboxylic acids is 3. The highest BCUT2D eigenvalue weighted by Crippen LogP contribution is 2.26. The van der Waals surface area contributed by atoms with Crippen molar-refractivity contribution in [3.8, 4) is 16.9 Å². The summed E-state index contributed by atoms with van der Waals surface area (Å²) in [5.41, 5.74) is 0.757. The predicted molar refractivity (Wildman–Crippen MR) is 149 cm³/mol. The molecule has 220 valence electrons. The normalized spacial score (nSPS) is 12.3. The van der Waals surface area contributed by atoms with Crippen LogP contribution in [-0.2, 0) is 36.8 Å². The van der Waals surface area contributed by atoms with Gasteiger partial charge in [-0.3, -0.25) is 9.48 Å². The summed E-state index contributed by atoms with van der Waals surface area (Å²) in [5.74, 6) is -0.751. The van der Waals surface area contributed by atoms with Gasteiger partial charge in [-0.05, 0) is 65.7 Å². The van der Waals surface area contributed by atoms with Crippen LogP contribution in [0.25, 0.3) is 11.1 Å². The molecule has 2 aromatic rings. The second-order valence-electron chi connectivity index (χ2n) is 11.1. The molecule has 1 atom stereocenters. The molecule has 0 bridgehead atoms. The Morgan fingerprint density at radius 1 is 1.07 bits per heavy atom. The highest BCUT2D eigenvalue weighted by molar-refractivity contribution is 5.77. The van der Waals surface area contributed by atoms with E-state index >= 15 is 0 Å². The van der Waals surface area contributed by atoms with E-state index in [4.69, 9.17) is 18.9 Å². The van der Waals surface area contributed by atoms with Gasteiger partial charge in [0.05, 0.1) is 12.1 Å². The summed E-state index contributed by atoms with van der Waals surface area (Å²) >= 11 is 0. The number of ether oxygens (including phenoxy) is 4. The lowest BCUT2D eigenvalue weighted by molar-refractivity contribution is -0.166. The number of esters is 2. The summed E-state index contributed by atoms with van der Waals surface area (Å²) in [4.78, 5) is 36.1. The molecule has 0 aliphatic rings. The maximum Gasteiger partial charge on any atom is 0.407 e. The highest BCUT2D eigenvalue weighted by atomic mass is 16.6. The number of benzene rings is 1. The molecule has 1 amide bonds. The van der Waals surface area contributed by atoms with Gasteiger partial charge in [0.1, 0.15) is 30.2 Å². The Morgan fingerprint density at radius 3 is 2.33 bits per heavy atom. The number of hydrogen-bond donors (Lipinski definition) is 2. The van der Waals surface area contributed by atoms with E-state index in [-0.39, 0.29) is 19.6 Å². The molecule has 2 rings (SSSR count). The van der Waals surface area contributed by atoms with Gasteiger partial charge in [-0.25, -0.2) is 9.59 Å². The van der Waals surface area contributed by atoms with Crippen LogP contribution >= 0.6 is 0 Å². The van der Waals surface area contributed by atoms with Crippen LogP contribution in [0.1, 0.15) is 53.7 Å². The number of aliphatic hydroxyl groups excluding tert-OH is 1. The Kier molecular flexibility index (Phi) is 11.7. The van der Waals surface area contributed by atoms with Crippen molar-refractivity contribution < 1.29 is 38.4 Å². The topological polar surface area (TPSA) is 138 Å². The number of nitrogens with zero attached hydrogens (tertiary/aromatic N) is 2. The summed E-state index contributed by atoms with van der Waals surface area (Å²) < 4.78 is 22.8. The second-order valence-corrected chi connectivity index (χ2v) is 11.1. The van der Waals surface area contributed by atoms with Crippen molar-refractivity contribution in [1.82, 2.24) is 15.1 Å². The Hall–Kier alpha value is -3.86. The Labute approximate surface area is 235 Å². The fraction of sp³-hybridized carbons (Fsp3) is 0.517. The highest BCUT2D eigenvalue weighted by Gasteiger charge is 2.24. The van der Waals surface area contributed by atoms with Crippen LogP contribution in [0.4, 0.5) is 4.79 Å². The monoisotopic (exact) mass is 559 g/mol. The SMILES string of the molecule is C=CCOC(=O)Cc1nn(CCCNC(=O)OC(C)(C)C)cc1-c1ccc(OCC(O)C(=O)OC(C)(C)C)cc1. The molecule has 0 saturated carbocycles. The van der Waals surface area contributed by atoms with Gasteiger partial charge in [-0.15, -0.1) is 0 Å². The first-order chi connectivity index (χ1) is 18.7. The molecule has 2 N–H and O–H groups in total. The summed E-state index contributed by atoms with van der Waals surface area (Å²) in [7, 11) is 0.